The molecular formula is C20H34ClIN4O2. The van der Waals surface area contributed by atoms with E-state index >= 15 is 0 Å². The summed E-state index contributed by atoms with van der Waals surface area (Å²) in [5, 5.41) is 17.8. The van der Waals surface area contributed by atoms with E-state index in [1.54, 1.807) is 19.2 Å². The molecule has 0 saturated carbocycles. The van der Waals surface area contributed by atoms with E-state index in [2.05, 4.69) is 20.5 Å². The first-order valence-electron chi connectivity index (χ1n) is 9.82. The van der Waals surface area contributed by atoms with Crippen molar-refractivity contribution in [3.05, 3.63) is 34.9 Å². The van der Waals surface area contributed by atoms with Gasteiger partial charge in [0, 0.05) is 51.0 Å². The van der Waals surface area contributed by atoms with Crippen molar-refractivity contribution in [1.82, 2.24) is 15.5 Å². The van der Waals surface area contributed by atoms with Gasteiger partial charge >= 0.3 is 0 Å². The number of ether oxygens (including phenoxy) is 1. The van der Waals surface area contributed by atoms with E-state index in [0.717, 1.165) is 63.6 Å². The van der Waals surface area contributed by atoms with Crippen LogP contribution >= 0.6 is 35.6 Å². The number of benzene rings is 1. The zero-order valence-electron chi connectivity index (χ0n) is 16.9. The maximum atomic E-state index is 10.3. The Balaban J connectivity index is 0.00000392. The number of guanidine groups is 1. The molecule has 3 N–H and O–H groups in total. The largest absolute Gasteiger partial charge is 0.386 e. The van der Waals surface area contributed by atoms with Gasteiger partial charge in [0.1, 0.15) is 0 Å². The Morgan fingerprint density at radius 1 is 1.32 bits per heavy atom. The third-order valence-electron chi connectivity index (χ3n) is 4.77. The Kier molecular flexibility index (Phi) is 13.1. The molecule has 0 aliphatic carbocycles. The molecule has 1 aromatic carbocycles. The smallest absolute Gasteiger partial charge is 0.191 e. The molecule has 1 saturated heterocycles. The second-order valence-corrected chi connectivity index (χ2v) is 7.33. The second-order valence-electron chi connectivity index (χ2n) is 6.89. The minimum Gasteiger partial charge on any atom is -0.386 e. The van der Waals surface area contributed by atoms with Gasteiger partial charge in [-0.15, -0.1) is 24.0 Å². The first-order chi connectivity index (χ1) is 13.1. The normalized spacial score (nSPS) is 17.1. The van der Waals surface area contributed by atoms with E-state index in [-0.39, 0.29) is 24.0 Å². The monoisotopic (exact) mass is 524 g/mol. The van der Waals surface area contributed by atoms with Gasteiger partial charge in [0.2, 0.25) is 0 Å². The molecule has 8 heteroatoms. The second kappa shape index (κ2) is 14.4. The highest BCUT2D eigenvalue weighted by molar-refractivity contribution is 14.0. The van der Waals surface area contributed by atoms with Crippen molar-refractivity contribution < 1.29 is 9.84 Å². The summed E-state index contributed by atoms with van der Waals surface area (Å²) in [7, 11) is 1.75. The van der Waals surface area contributed by atoms with Gasteiger partial charge in [-0.1, -0.05) is 23.7 Å². The van der Waals surface area contributed by atoms with Crippen LogP contribution in [0.5, 0.6) is 0 Å². The maximum absolute atomic E-state index is 10.3. The third kappa shape index (κ3) is 9.26. The van der Waals surface area contributed by atoms with Crippen molar-refractivity contribution in [3.8, 4) is 0 Å². The number of methoxy groups -OCH3 is 1. The number of hydrogen-bond donors (Lipinski definition) is 3. The summed E-state index contributed by atoms with van der Waals surface area (Å²) in [6.07, 6.45) is 2.63. The van der Waals surface area contributed by atoms with Crippen molar-refractivity contribution in [1.29, 1.82) is 0 Å². The molecule has 0 aromatic heterocycles. The van der Waals surface area contributed by atoms with E-state index in [1.807, 2.05) is 19.1 Å². The van der Waals surface area contributed by atoms with Crippen LogP contribution in [0.3, 0.4) is 0 Å². The molecule has 1 atom stereocenters. The quantitative estimate of drug-likeness (QED) is 0.201. The lowest BCUT2D eigenvalue weighted by molar-refractivity contribution is 0.155. The Hall–Kier alpha value is -0.610. The highest BCUT2D eigenvalue weighted by Crippen LogP contribution is 2.16. The first kappa shape index (κ1) is 25.4. The van der Waals surface area contributed by atoms with Crippen molar-refractivity contribution >= 4 is 41.5 Å². The van der Waals surface area contributed by atoms with Crippen LogP contribution in [0, 0.1) is 0 Å². The Bertz CT molecular complexity index is 566. The van der Waals surface area contributed by atoms with Gasteiger partial charge in [-0.05, 0) is 43.9 Å². The molecule has 28 heavy (non-hydrogen) atoms. The lowest BCUT2D eigenvalue weighted by Gasteiger charge is -2.33. The first-order valence-corrected chi connectivity index (χ1v) is 10.2. The SMILES string of the molecule is CCNC(=NCC(O)c1ccc(Cl)cc1)NC1CCN(CCCOC)CC1.I. The molecule has 0 bridgehead atoms. The Morgan fingerprint density at radius 2 is 2.00 bits per heavy atom. The van der Waals surface area contributed by atoms with E-state index in [0.29, 0.717) is 17.6 Å². The number of hydrogen-bond acceptors (Lipinski definition) is 4. The van der Waals surface area contributed by atoms with Gasteiger partial charge in [-0.3, -0.25) is 4.99 Å². The number of aliphatic imine (C=N–C) groups is 1. The predicted octanol–water partition coefficient (Wildman–Crippen LogP) is 3.05. The van der Waals surface area contributed by atoms with Gasteiger partial charge in [-0.2, -0.15) is 0 Å². The molecule has 1 fully saturated rings. The van der Waals surface area contributed by atoms with Crippen LogP contribution in [0.15, 0.2) is 29.3 Å². The van der Waals surface area contributed by atoms with Crippen molar-refractivity contribution in [2.75, 3.05) is 46.4 Å². The number of aliphatic hydroxyl groups is 1. The summed E-state index contributed by atoms with van der Waals surface area (Å²) < 4.78 is 5.13. The summed E-state index contributed by atoms with van der Waals surface area (Å²) in [6.45, 7) is 7.26. The zero-order chi connectivity index (χ0) is 19.5. The van der Waals surface area contributed by atoms with Crippen LogP contribution in [-0.2, 0) is 4.74 Å². The van der Waals surface area contributed by atoms with E-state index in [9.17, 15) is 5.11 Å². The molecule has 0 spiro atoms. The fourth-order valence-electron chi connectivity index (χ4n) is 3.21. The number of likely N-dealkylation sites (tertiary alicyclic amines) is 1. The number of rotatable bonds is 9. The van der Waals surface area contributed by atoms with Crippen molar-refractivity contribution in [3.63, 3.8) is 0 Å². The van der Waals surface area contributed by atoms with Crippen LogP contribution in [0.2, 0.25) is 5.02 Å². The van der Waals surface area contributed by atoms with Gasteiger partial charge < -0.3 is 25.4 Å². The molecule has 160 valence electrons. The fourth-order valence-corrected chi connectivity index (χ4v) is 3.34. The molecule has 1 aromatic rings. The van der Waals surface area contributed by atoms with Gasteiger partial charge in [0.05, 0.1) is 12.6 Å². The minimum atomic E-state index is -0.639. The topological polar surface area (TPSA) is 69.1 Å². The molecule has 6 nitrogen and oxygen atoms in total. The maximum Gasteiger partial charge on any atom is 0.191 e. The van der Waals surface area contributed by atoms with Gasteiger partial charge in [0.25, 0.3) is 0 Å². The van der Waals surface area contributed by atoms with E-state index in [1.165, 1.54) is 0 Å². The van der Waals surface area contributed by atoms with Crippen LogP contribution in [0.4, 0.5) is 0 Å². The molecular weight excluding hydrogens is 491 g/mol. The summed E-state index contributed by atoms with van der Waals surface area (Å²) in [6, 6.07) is 7.65. The van der Waals surface area contributed by atoms with Crippen LogP contribution in [0.1, 0.15) is 37.9 Å². The predicted molar refractivity (Wildman–Crippen MR) is 127 cm³/mol. The molecule has 0 amide bonds. The third-order valence-corrected chi connectivity index (χ3v) is 5.02. The average Bonchev–Trinajstić information content (AvgIpc) is 2.68. The molecule has 2 rings (SSSR count). The number of halogens is 2. The van der Waals surface area contributed by atoms with E-state index < -0.39 is 6.10 Å². The summed E-state index contributed by atoms with van der Waals surface area (Å²) >= 11 is 5.90. The lowest BCUT2D eigenvalue weighted by Crippen LogP contribution is -2.49. The standard InChI is InChI=1S/C20H33ClN4O2.HI/c1-3-22-20(23-15-19(26)16-5-7-17(21)8-6-16)24-18-9-12-25(13-10-18)11-4-14-27-2;/h5-8,18-19,26H,3-4,9-15H2,1-2H3,(H2,22,23,24);1H. The molecule has 1 unspecified atom stereocenters. The molecule has 1 aliphatic heterocycles. The van der Waals surface area contributed by atoms with Crippen molar-refractivity contribution in [2.24, 2.45) is 4.99 Å². The van der Waals surface area contributed by atoms with Crippen molar-refractivity contribution in [2.45, 2.75) is 38.3 Å². The number of aliphatic hydroxyl groups excluding tert-OH is 1. The molecule has 1 heterocycles. The van der Waals surface area contributed by atoms with Crippen LogP contribution in [-0.4, -0.2) is 68.4 Å². The van der Waals surface area contributed by atoms with Crippen LogP contribution in [0.25, 0.3) is 0 Å². The number of piperidine rings is 1. The summed E-state index contributed by atoms with van der Waals surface area (Å²) in [5.74, 6) is 0.767. The summed E-state index contributed by atoms with van der Waals surface area (Å²) in [5.41, 5.74) is 0.823. The molecule has 1 aliphatic rings. The summed E-state index contributed by atoms with van der Waals surface area (Å²) in [4.78, 5) is 7.06. The number of nitrogens with zero attached hydrogens (tertiary/aromatic N) is 2. The average molecular weight is 525 g/mol. The van der Waals surface area contributed by atoms with Gasteiger partial charge in [-0.25, -0.2) is 0 Å². The van der Waals surface area contributed by atoms with E-state index in [4.69, 9.17) is 16.3 Å². The lowest BCUT2D eigenvalue weighted by atomic mass is 10.1. The van der Waals surface area contributed by atoms with Crippen LogP contribution < -0.4 is 10.6 Å². The Morgan fingerprint density at radius 3 is 2.61 bits per heavy atom. The van der Waals surface area contributed by atoms with Gasteiger partial charge in [0.15, 0.2) is 5.96 Å². The minimum absolute atomic E-state index is 0. The zero-order valence-corrected chi connectivity index (χ0v) is 20.0. The molecule has 0 radical (unpaired) electrons. The number of nitrogens with one attached hydrogen (secondary N) is 2. The Labute approximate surface area is 191 Å². The highest BCUT2D eigenvalue weighted by Gasteiger charge is 2.19. The highest BCUT2D eigenvalue weighted by atomic mass is 127. The fraction of sp³-hybridized carbons (Fsp3) is 0.650.